The molecule has 0 saturated heterocycles. The number of rotatable bonds is 5. The first-order valence-electron chi connectivity index (χ1n) is 7.25. The molecule has 0 fully saturated rings. The van der Waals surface area contributed by atoms with Crippen LogP contribution in [0.3, 0.4) is 0 Å². The highest BCUT2D eigenvalue weighted by Gasteiger charge is 2.16. The van der Waals surface area contributed by atoms with Gasteiger partial charge in [-0.1, -0.05) is 58.2 Å². The smallest absolute Gasteiger partial charge is 0.0454 e. The molecule has 0 heterocycles. The van der Waals surface area contributed by atoms with Gasteiger partial charge in [-0.05, 0) is 61.7 Å². The highest BCUT2D eigenvalue weighted by molar-refractivity contribution is 9.10. The predicted octanol–water partition coefficient (Wildman–Crippen LogP) is 5.61. The summed E-state index contributed by atoms with van der Waals surface area (Å²) < 4.78 is 1.06. The van der Waals surface area contributed by atoms with E-state index in [1.165, 1.54) is 16.7 Å². The van der Waals surface area contributed by atoms with Crippen molar-refractivity contribution in [3.05, 3.63) is 68.1 Å². The van der Waals surface area contributed by atoms with Crippen molar-refractivity contribution in [2.75, 3.05) is 6.54 Å². The number of nitrogens with one attached hydrogen (secondary N) is 1. The molecule has 1 atom stereocenters. The van der Waals surface area contributed by atoms with Gasteiger partial charge in [-0.25, -0.2) is 0 Å². The monoisotopic (exact) mass is 365 g/mol. The summed E-state index contributed by atoms with van der Waals surface area (Å²) in [7, 11) is 0. The summed E-state index contributed by atoms with van der Waals surface area (Å²) in [6.45, 7) is 7.35. The molecule has 2 aromatic carbocycles. The van der Waals surface area contributed by atoms with E-state index in [-0.39, 0.29) is 6.04 Å². The van der Waals surface area contributed by atoms with Crippen LogP contribution in [0.5, 0.6) is 0 Å². The van der Waals surface area contributed by atoms with Gasteiger partial charge in [-0.3, -0.25) is 0 Å². The molecule has 0 bridgehead atoms. The van der Waals surface area contributed by atoms with Crippen molar-refractivity contribution in [2.24, 2.45) is 0 Å². The van der Waals surface area contributed by atoms with Crippen molar-refractivity contribution in [2.45, 2.75) is 33.2 Å². The van der Waals surface area contributed by atoms with Crippen LogP contribution >= 0.6 is 27.5 Å². The van der Waals surface area contributed by atoms with Gasteiger partial charge in [0.05, 0.1) is 0 Å². The molecule has 21 heavy (non-hydrogen) atoms. The molecule has 0 aliphatic carbocycles. The van der Waals surface area contributed by atoms with Gasteiger partial charge in [0.15, 0.2) is 0 Å². The fourth-order valence-electron chi connectivity index (χ4n) is 2.56. The van der Waals surface area contributed by atoms with E-state index in [1.54, 1.807) is 0 Å². The minimum atomic E-state index is 0.223. The zero-order valence-corrected chi connectivity index (χ0v) is 15.1. The van der Waals surface area contributed by atoms with Gasteiger partial charge in [0.25, 0.3) is 0 Å². The molecule has 0 spiro atoms. The van der Waals surface area contributed by atoms with Gasteiger partial charge < -0.3 is 5.32 Å². The number of hydrogen-bond donors (Lipinski definition) is 1. The molecule has 0 radical (unpaired) electrons. The first-order valence-corrected chi connectivity index (χ1v) is 8.42. The molecule has 112 valence electrons. The Labute approximate surface area is 140 Å². The minimum Gasteiger partial charge on any atom is -0.310 e. The second-order valence-electron chi connectivity index (χ2n) is 5.41. The topological polar surface area (TPSA) is 12.0 Å². The summed E-state index contributed by atoms with van der Waals surface area (Å²) in [5, 5.41) is 4.37. The normalized spacial score (nSPS) is 12.4. The third-order valence-electron chi connectivity index (χ3n) is 3.71. The Balaban J connectivity index is 2.35. The maximum Gasteiger partial charge on any atom is 0.0454 e. The van der Waals surface area contributed by atoms with Crippen LogP contribution in [-0.2, 0) is 6.42 Å². The summed E-state index contributed by atoms with van der Waals surface area (Å²) in [6, 6.07) is 12.9. The van der Waals surface area contributed by atoms with Gasteiger partial charge in [-0.2, -0.15) is 0 Å². The fraction of sp³-hybridized carbons (Fsp3) is 0.333. The van der Waals surface area contributed by atoms with Crippen molar-refractivity contribution in [3.63, 3.8) is 0 Å². The molecule has 0 aliphatic heterocycles. The van der Waals surface area contributed by atoms with E-state index in [4.69, 9.17) is 11.6 Å². The number of benzene rings is 2. The van der Waals surface area contributed by atoms with E-state index in [9.17, 15) is 0 Å². The van der Waals surface area contributed by atoms with Crippen LogP contribution < -0.4 is 5.32 Å². The van der Waals surface area contributed by atoms with Gasteiger partial charge in [0.2, 0.25) is 0 Å². The number of likely N-dealkylation sites (N-methyl/N-ethyl adjacent to an activating group) is 1. The first kappa shape index (κ1) is 16.5. The summed E-state index contributed by atoms with van der Waals surface area (Å²) in [5.74, 6) is 0. The van der Waals surface area contributed by atoms with Gasteiger partial charge in [-0.15, -0.1) is 0 Å². The van der Waals surface area contributed by atoms with E-state index in [0.29, 0.717) is 0 Å². The molecule has 1 nitrogen and oxygen atoms in total. The van der Waals surface area contributed by atoms with Crippen LogP contribution in [-0.4, -0.2) is 6.54 Å². The summed E-state index contributed by atoms with van der Waals surface area (Å²) in [4.78, 5) is 0. The average molecular weight is 367 g/mol. The molecule has 1 unspecified atom stereocenters. The molecule has 0 aromatic heterocycles. The summed E-state index contributed by atoms with van der Waals surface area (Å²) >= 11 is 9.94. The molecule has 0 aliphatic rings. The van der Waals surface area contributed by atoms with E-state index >= 15 is 0 Å². The van der Waals surface area contributed by atoms with Gasteiger partial charge in [0, 0.05) is 15.5 Å². The SMILES string of the molecule is CCNC(Cc1cc(C)ccc1C)c1cc(Br)ccc1Cl. The van der Waals surface area contributed by atoms with Crippen molar-refractivity contribution >= 4 is 27.5 Å². The van der Waals surface area contributed by atoms with Crippen LogP contribution in [0.1, 0.15) is 35.2 Å². The Morgan fingerprint density at radius 3 is 2.62 bits per heavy atom. The zero-order chi connectivity index (χ0) is 15.4. The van der Waals surface area contributed by atoms with Crippen LogP contribution in [0.15, 0.2) is 40.9 Å². The largest absolute Gasteiger partial charge is 0.310 e. The zero-order valence-electron chi connectivity index (χ0n) is 12.7. The average Bonchev–Trinajstić information content (AvgIpc) is 2.45. The lowest BCUT2D eigenvalue weighted by Crippen LogP contribution is -2.23. The molecular weight excluding hydrogens is 346 g/mol. The Kier molecular flexibility index (Phi) is 5.86. The van der Waals surface area contributed by atoms with Crippen molar-refractivity contribution < 1.29 is 0 Å². The Hall–Kier alpha value is -0.830. The van der Waals surface area contributed by atoms with Crippen molar-refractivity contribution in [1.29, 1.82) is 0 Å². The Morgan fingerprint density at radius 2 is 1.90 bits per heavy atom. The Morgan fingerprint density at radius 1 is 1.14 bits per heavy atom. The number of hydrogen-bond acceptors (Lipinski definition) is 1. The standard InChI is InChI=1S/C18H21BrClN/c1-4-21-18(16-11-15(19)7-8-17(16)20)10-14-9-12(2)5-6-13(14)3/h5-9,11,18,21H,4,10H2,1-3H3. The second-order valence-corrected chi connectivity index (χ2v) is 6.73. The van der Waals surface area contributed by atoms with Gasteiger partial charge in [0.1, 0.15) is 0 Å². The quantitative estimate of drug-likeness (QED) is 0.725. The predicted molar refractivity (Wildman–Crippen MR) is 95.2 cm³/mol. The molecule has 0 amide bonds. The number of halogens is 2. The lowest BCUT2D eigenvalue weighted by Gasteiger charge is -2.21. The van der Waals surface area contributed by atoms with E-state index in [1.807, 2.05) is 12.1 Å². The van der Waals surface area contributed by atoms with Crippen molar-refractivity contribution in [1.82, 2.24) is 5.32 Å². The first-order chi connectivity index (χ1) is 10.0. The van der Waals surface area contributed by atoms with Crippen LogP contribution in [0, 0.1) is 13.8 Å². The Bertz CT molecular complexity index is 625. The molecule has 3 heteroatoms. The fourth-order valence-corrected chi connectivity index (χ4v) is 3.19. The van der Waals surface area contributed by atoms with Crippen LogP contribution in [0.25, 0.3) is 0 Å². The third kappa shape index (κ3) is 4.32. The van der Waals surface area contributed by atoms with E-state index in [0.717, 1.165) is 28.0 Å². The highest BCUT2D eigenvalue weighted by atomic mass is 79.9. The number of aryl methyl sites for hydroxylation is 2. The molecule has 1 N–H and O–H groups in total. The third-order valence-corrected chi connectivity index (χ3v) is 4.55. The maximum atomic E-state index is 6.40. The van der Waals surface area contributed by atoms with Crippen LogP contribution in [0.4, 0.5) is 0 Å². The second kappa shape index (κ2) is 7.44. The lowest BCUT2D eigenvalue weighted by molar-refractivity contribution is 0.548. The highest BCUT2D eigenvalue weighted by Crippen LogP contribution is 2.29. The van der Waals surface area contributed by atoms with Gasteiger partial charge >= 0.3 is 0 Å². The molecule has 2 rings (SSSR count). The minimum absolute atomic E-state index is 0.223. The summed E-state index contributed by atoms with van der Waals surface area (Å²) in [6.07, 6.45) is 0.942. The van der Waals surface area contributed by atoms with Crippen LogP contribution in [0.2, 0.25) is 5.02 Å². The summed E-state index contributed by atoms with van der Waals surface area (Å²) in [5.41, 5.74) is 5.14. The van der Waals surface area contributed by atoms with E-state index in [2.05, 4.69) is 66.3 Å². The lowest BCUT2D eigenvalue weighted by atomic mass is 9.95. The molecular formula is C18H21BrClN. The maximum absolute atomic E-state index is 6.40. The molecule has 0 saturated carbocycles. The van der Waals surface area contributed by atoms with Crippen molar-refractivity contribution in [3.8, 4) is 0 Å². The molecule has 2 aromatic rings. The van der Waals surface area contributed by atoms with E-state index < -0.39 is 0 Å².